The van der Waals surface area contributed by atoms with Crippen LogP contribution in [-0.2, 0) is 0 Å². The van der Waals surface area contributed by atoms with E-state index < -0.39 is 0 Å². The molecule has 0 saturated carbocycles. The summed E-state index contributed by atoms with van der Waals surface area (Å²) in [6.45, 7) is 18.3. The van der Waals surface area contributed by atoms with Crippen LogP contribution in [0.25, 0.3) is 0 Å². The lowest BCUT2D eigenvalue weighted by Gasteiger charge is -2.33. The molecule has 0 bridgehead atoms. The lowest BCUT2D eigenvalue weighted by molar-refractivity contribution is 0.153. The standard InChI is InChI=1S/C20H38N4/c1-19-8-3-4-12-23(19)14-6-10-21-16-17-22(18-21)11-7-15-24-13-5-9-20(24)2/h19-20H,3-17H2,1-2H3. The molecule has 3 saturated heterocycles. The summed E-state index contributed by atoms with van der Waals surface area (Å²) < 4.78 is 0. The van der Waals surface area contributed by atoms with Crippen molar-refractivity contribution in [2.24, 2.45) is 0 Å². The van der Waals surface area contributed by atoms with E-state index in [0.29, 0.717) is 0 Å². The molecule has 4 nitrogen and oxygen atoms in total. The van der Waals surface area contributed by atoms with Gasteiger partial charge in [0, 0.05) is 38.3 Å². The van der Waals surface area contributed by atoms with Gasteiger partial charge in [-0.25, -0.2) is 0 Å². The Morgan fingerprint density at radius 1 is 0.667 bits per heavy atom. The Balaban J connectivity index is 1.24. The summed E-state index contributed by atoms with van der Waals surface area (Å²) in [5.41, 5.74) is 0. The Bertz CT molecular complexity index is 362. The molecule has 0 aromatic heterocycles. The highest BCUT2D eigenvalue weighted by molar-refractivity contribution is 4.82. The molecule has 4 heteroatoms. The van der Waals surface area contributed by atoms with E-state index in [1.165, 1.54) is 97.3 Å². The second-order valence-electron chi connectivity index (χ2n) is 8.19. The molecule has 3 aliphatic heterocycles. The predicted octanol–water partition coefficient (Wildman–Crippen LogP) is 2.74. The highest BCUT2D eigenvalue weighted by atomic mass is 15.4. The zero-order chi connectivity index (χ0) is 16.8. The average molecular weight is 335 g/mol. The Labute approximate surface area is 150 Å². The molecule has 3 rings (SSSR count). The van der Waals surface area contributed by atoms with Crippen molar-refractivity contribution >= 4 is 0 Å². The summed E-state index contributed by atoms with van der Waals surface area (Å²) in [6.07, 6.45) is 9.59. The van der Waals surface area contributed by atoms with Gasteiger partial charge in [0.05, 0.1) is 0 Å². The molecule has 2 radical (unpaired) electrons. The van der Waals surface area contributed by atoms with Crippen LogP contribution in [0.2, 0.25) is 0 Å². The summed E-state index contributed by atoms with van der Waals surface area (Å²) in [6, 6.07) is 1.61. The smallest absolute Gasteiger partial charge is 0.146 e. The Kier molecular flexibility index (Phi) is 7.38. The first-order valence-corrected chi connectivity index (χ1v) is 10.5. The first-order valence-electron chi connectivity index (χ1n) is 10.5. The van der Waals surface area contributed by atoms with E-state index in [0.717, 1.165) is 12.1 Å². The minimum absolute atomic E-state index is 0.801. The zero-order valence-electron chi connectivity index (χ0n) is 16.1. The van der Waals surface area contributed by atoms with Gasteiger partial charge in [-0.15, -0.1) is 0 Å². The van der Waals surface area contributed by atoms with E-state index in [2.05, 4.69) is 40.1 Å². The molecule has 3 fully saturated rings. The Morgan fingerprint density at radius 3 is 1.75 bits per heavy atom. The summed E-state index contributed by atoms with van der Waals surface area (Å²) in [5.74, 6) is 0. The van der Waals surface area contributed by atoms with Gasteiger partial charge in [0.2, 0.25) is 0 Å². The minimum atomic E-state index is 0.801. The van der Waals surface area contributed by atoms with Gasteiger partial charge in [0.1, 0.15) is 6.67 Å². The molecule has 2 atom stereocenters. The molecule has 0 aromatic rings. The molecule has 24 heavy (non-hydrogen) atoms. The molecule has 0 aliphatic carbocycles. The van der Waals surface area contributed by atoms with Crippen LogP contribution in [0.15, 0.2) is 0 Å². The average Bonchev–Trinajstić information content (AvgIpc) is 3.19. The van der Waals surface area contributed by atoms with Crippen molar-refractivity contribution in [3.05, 3.63) is 6.67 Å². The fourth-order valence-electron chi connectivity index (χ4n) is 4.61. The molecule has 0 N–H and O–H groups in total. The summed E-state index contributed by atoms with van der Waals surface area (Å²) in [7, 11) is 0. The maximum Gasteiger partial charge on any atom is 0.146 e. The van der Waals surface area contributed by atoms with Crippen LogP contribution in [0.4, 0.5) is 0 Å². The van der Waals surface area contributed by atoms with Crippen molar-refractivity contribution in [3.63, 3.8) is 0 Å². The molecule has 3 aliphatic rings. The summed E-state index contributed by atoms with van der Waals surface area (Å²) in [4.78, 5) is 10.2. The van der Waals surface area contributed by atoms with Crippen LogP contribution in [0.3, 0.4) is 0 Å². The second kappa shape index (κ2) is 9.51. The number of hydrogen-bond acceptors (Lipinski definition) is 4. The van der Waals surface area contributed by atoms with Crippen molar-refractivity contribution < 1.29 is 0 Å². The predicted molar refractivity (Wildman–Crippen MR) is 101 cm³/mol. The van der Waals surface area contributed by atoms with Gasteiger partial charge in [-0.2, -0.15) is 0 Å². The third-order valence-electron chi connectivity index (χ3n) is 6.30. The first-order chi connectivity index (χ1) is 11.7. The lowest BCUT2D eigenvalue weighted by atomic mass is 10.0. The van der Waals surface area contributed by atoms with E-state index in [9.17, 15) is 0 Å². The van der Waals surface area contributed by atoms with E-state index in [-0.39, 0.29) is 0 Å². The number of piperidine rings is 1. The van der Waals surface area contributed by atoms with E-state index in [4.69, 9.17) is 0 Å². The molecule has 3 heterocycles. The third kappa shape index (κ3) is 5.42. The fourth-order valence-corrected chi connectivity index (χ4v) is 4.61. The molecule has 0 aromatic carbocycles. The summed E-state index contributed by atoms with van der Waals surface area (Å²) >= 11 is 0. The van der Waals surface area contributed by atoms with E-state index in [1.807, 2.05) is 0 Å². The fraction of sp³-hybridized carbons (Fsp3) is 0.950. The van der Waals surface area contributed by atoms with Crippen molar-refractivity contribution in [3.8, 4) is 0 Å². The second-order valence-corrected chi connectivity index (χ2v) is 8.19. The monoisotopic (exact) mass is 334 g/mol. The largest absolute Gasteiger partial charge is 0.301 e. The van der Waals surface area contributed by atoms with Gasteiger partial charge < -0.3 is 9.80 Å². The zero-order valence-corrected chi connectivity index (χ0v) is 16.1. The molecular weight excluding hydrogens is 296 g/mol. The molecular formula is C20H38N4. The topological polar surface area (TPSA) is 13.0 Å². The van der Waals surface area contributed by atoms with Crippen molar-refractivity contribution in [2.45, 2.75) is 70.9 Å². The van der Waals surface area contributed by atoms with Gasteiger partial charge in [-0.05, 0) is 78.6 Å². The number of rotatable bonds is 8. The van der Waals surface area contributed by atoms with Crippen molar-refractivity contribution in [1.82, 2.24) is 19.6 Å². The van der Waals surface area contributed by atoms with Gasteiger partial charge in [-0.3, -0.25) is 9.80 Å². The summed E-state index contributed by atoms with van der Waals surface area (Å²) in [5, 5.41) is 0. The number of hydrogen-bond donors (Lipinski definition) is 0. The van der Waals surface area contributed by atoms with E-state index in [1.54, 1.807) is 0 Å². The van der Waals surface area contributed by atoms with Gasteiger partial charge in [0.25, 0.3) is 0 Å². The molecule has 0 spiro atoms. The quantitative estimate of drug-likeness (QED) is 0.676. The van der Waals surface area contributed by atoms with Crippen LogP contribution in [0.1, 0.15) is 58.8 Å². The van der Waals surface area contributed by atoms with Crippen LogP contribution in [0.5, 0.6) is 0 Å². The number of likely N-dealkylation sites (tertiary alicyclic amines) is 2. The SMILES string of the molecule is CC1CCCCN1CCCN1[C]N(CCCN2CCCC2C)CC1. The molecule has 0 amide bonds. The minimum Gasteiger partial charge on any atom is -0.301 e. The lowest BCUT2D eigenvalue weighted by Crippen LogP contribution is -2.39. The molecule has 138 valence electrons. The Hall–Kier alpha value is -0.160. The highest BCUT2D eigenvalue weighted by Crippen LogP contribution is 2.18. The number of nitrogens with zero attached hydrogens (tertiary/aromatic N) is 4. The van der Waals surface area contributed by atoms with Crippen LogP contribution >= 0.6 is 0 Å². The van der Waals surface area contributed by atoms with E-state index >= 15 is 0 Å². The van der Waals surface area contributed by atoms with Gasteiger partial charge in [0.15, 0.2) is 0 Å². The molecule has 2 unspecified atom stereocenters. The van der Waals surface area contributed by atoms with Crippen LogP contribution < -0.4 is 0 Å². The van der Waals surface area contributed by atoms with Crippen molar-refractivity contribution in [2.75, 3.05) is 52.4 Å². The van der Waals surface area contributed by atoms with Crippen LogP contribution in [0, 0.1) is 6.67 Å². The van der Waals surface area contributed by atoms with Crippen molar-refractivity contribution in [1.29, 1.82) is 0 Å². The maximum absolute atomic E-state index is 3.61. The van der Waals surface area contributed by atoms with Gasteiger partial charge >= 0.3 is 0 Å². The van der Waals surface area contributed by atoms with Crippen LogP contribution in [-0.4, -0.2) is 84.0 Å². The maximum atomic E-state index is 3.61. The van der Waals surface area contributed by atoms with Gasteiger partial charge in [-0.1, -0.05) is 6.42 Å². The normalized spacial score (nSPS) is 31.2. The third-order valence-corrected chi connectivity index (χ3v) is 6.30. The first kappa shape index (κ1) is 18.6. The highest BCUT2D eigenvalue weighted by Gasteiger charge is 2.24. The Morgan fingerprint density at radius 2 is 1.21 bits per heavy atom.